The Bertz CT molecular complexity index is 775. The minimum absolute atomic E-state index is 0.0976. The summed E-state index contributed by atoms with van der Waals surface area (Å²) in [5.41, 5.74) is 8.32. The van der Waals surface area contributed by atoms with Gasteiger partial charge in [0.2, 0.25) is 0 Å². The van der Waals surface area contributed by atoms with Gasteiger partial charge in [0.25, 0.3) is 0 Å². The summed E-state index contributed by atoms with van der Waals surface area (Å²) < 4.78 is 0. The molecule has 0 aliphatic heterocycles. The Labute approximate surface area is 200 Å². The maximum atomic E-state index is 3.85. The summed E-state index contributed by atoms with van der Waals surface area (Å²) in [6, 6.07) is 17.3. The molecule has 2 rings (SSSR count). The molecule has 2 radical (unpaired) electrons. The predicted molar refractivity (Wildman–Crippen MR) is 143 cm³/mol. The molecule has 0 fully saturated rings. The van der Waals surface area contributed by atoms with Crippen molar-refractivity contribution < 1.29 is 0 Å². The molecule has 32 heavy (non-hydrogen) atoms. The van der Waals surface area contributed by atoms with Crippen LogP contribution in [0.4, 0.5) is 0 Å². The Morgan fingerprint density at radius 2 is 0.750 bits per heavy atom. The van der Waals surface area contributed by atoms with Crippen molar-refractivity contribution in [3.8, 4) is 11.1 Å². The highest BCUT2D eigenvalue weighted by atomic mass is 14.3. The van der Waals surface area contributed by atoms with Crippen LogP contribution in [0, 0.1) is 12.1 Å². The second kappa shape index (κ2) is 9.36. The van der Waals surface area contributed by atoms with Crippen molar-refractivity contribution >= 4 is 0 Å². The standard InChI is InChI=1S/C32H48/c1-13-29(5,6)25-17-23(18-26(21-25)30(7,8)14-2)24-19-27(31(9,10)15-3)22-28(20-24)32(11,12)16-4/h17,19,21-22H,13-16H2,1-12H3. The zero-order valence-electron chi connectivity index (χ0n) is 23.1. The molecule has 176 valence electrons. The van der Waals surface area contributed by atoms with E-state index < -0.39 is 0 Å². The van der Waals surface area contributed by atoms with E-state index in [0.717, 1.165) is 25.7 Å². The zero-order chi connectivity index (χ0) is 24.5. The molecule has 2 aromatic carbocycles. The monoisotopic (exact) mass is 432 g/mol. The van der Waals surface area contributed by atoms with Crippen LogP contribution in [0.2, 0.25) is 0 Å². The second-order valence-electron chi connectivity index (χ2n) is 12.3. The third-order valence-corrected chi connectivity index (χ3v) is 8.58. The Hall–Kier alpha value is -1.56. The largest absolute Gasteiger partial charge is 0.0646 e. The molecule has 0 spiro atoms. The molecule has 0 aliphatic rings. The van der Waals surface area contributed by atoms with Crippen molar-refractivity contribution in [2.24, 2.45) is 0 Å². The molecule has 2 aromatic rings. The molecular weight excluding hydrogens is 384 g/mol. The van der Waals surface area contributed by atoms with E-state index in [1.165, 1.54) is 33.4 Å². The molecule has 0 aliphatic carbocycles. The van der Waals surface area contributed by atoms with Crippen molar-refractivity contribution in [2.75, 3.05) is 0 Å². The molecule has 0 amide bonds. The van der Waals surface area contributed by atoms with Gasteiger partial charge in [0, 0.05) is 0 Å². The molecule has 0 bridgehead atoms. The molecule has 0 heteroatoms. The summed E-state index contributed by atoms with van der Waals surface area (Å²) >= 11 is 0. The fourth-order valence-corrected chi connectivity index (χ4v) is 3.73. The van der Waals surface area contributed by atoms with Gasteiger partial charge in [0.15, 0.2) is 0 Å². The minimum Gasteiger partial charge on any atom is -0.0646 e. The average molecular weight is 433 g/mol. The third kappa shape index (κ3) is 5.49. The van der Waals surface area contributed by atoms with Crippen LogP contribution in [0.3, 0.4) is 0 Å². The Morgan fingerprint density at radius 3 is 1.00 bits per heavy atom. The number of rotatable bonds is 9. The predicted octanol–water partition coefficient (Wildman–Crippen LogP) is 9.70. The molecule has 0 nitrogen and oxygen atoms in total. The summed E-state index contributed by atoms with van der Waals surface area (Å²) in [5, 5.41) is 0. The quantitative estimate of drug-likeness (QED) is 0.370. The minimum atomic E-state index is 0.0976. The first-order valence-electron chi connectivity index (χ1n) is 12.8. The van der Waals surface area contributed by atoms with Gasteiger partial charge in [-0.2, -0.15) is 0 Å². The van der Waals surface area contributed by atoms with E-state index >= 15 is 0 Å². The van der Waals surface area contributed by atoms with Crippen molar-refractivity contribution in [1.82, 2.24) is 0 Å². The lowest BCUT2D eigenvalue weighted by atomic mass is 9.73. The summed E-state index contributed by atoms with van der Waals surface area (Å²) in [6.45, 7) is 28.0. The summed E-state index contributed by atoms with van der Waals surface area (Å²) in [5.74, 6) is 0. The van der Waals surface area contributed by atoms with Crippen LogP contribution in [0.25, 0.3) is 11.1 Å². The summed E-state index contributed by atoms with van der Waals surface area (Å²) in [4.78, 5) is 0. The van der Waals surface area contributed by atoms with Gasteiger partial charge < -0.3 is 0 Å². The lowest BCUT2D eigenvalue weighted by molar-refractivity contribution is 0.487. The first kappa shape index (κ1) is 26.7. The van der Waals surface area contributed by atoms with Gasteiger partial charge in [-0.15, -0.1) is 0 Å². The molecule has 0 saturated carbocycles. The fourth-order valence-electron chi connectivity index (χ4n) is 3.73. The van der Waals surface area contributed by atoms with Gasteiger partial charge in [-0.05, 0) is 105 Å². The Kier molecular flexibility index (Phi) is 7.81. The summed E-state index contributed by atoms with van der Waals surface area (Å²) in [6.07, 6.45) is 4.42. The van der Waals surface area contributed by atoms with Crippen LogP contribution in [0.15, 0.2) is 24.3 Å². The van der Waals surface area contributed by atoms with E-state index in [9.17, 15) is 0 Å². The third-order valence-electron chi connectivity index (χ3n) is 8.58. The van der Waals surface area contributed by atoms with E-state index in [1.807, 2.05) is 0 Å². The molecule has 0 saturated heterocycles. The molecule has 0 unspecified atom stereocenters. The van der Waals surface area contributed by atoms with E-state index in [2.05, 4.69) is 119 Å². The fraction of sp³-hybridized carbons (Fsp3) is 0.625. The average Bonchev–Trinajstić information content (AvgIpc) is 2.78. The number of hydrogen-bond acceptors (Lipinski definition) is 0. The SMILES string of the molecule is CCC(C)(C)c1[c]c(-c2[c]c(C(C)(C)CC)cc(C(C)(C)CC)c2)cc(C(C)(C)CC)c1. The maximum Gasteiger partial charge on any atom is -0.00582 e. The van der Waals surface area contributed by atoms with Gasteiger partial charge in [-0.25, -0.2) is 0 Å². The number of hydrogen-bond donors (Lipinski definition) is 0. The maximum absolute atomic E-state index is 3.85. The molecule has 0 heterocycles. The smallest absolute Gasteiger partial charge is 0.00582 e. The van der Waals surface area contributed by atoms with Crippen molar-refractivity contribution in [3.63, 3.8) is 0 Å². The summed E-state index contributed by atoms with van der Waals surface area (Å²) in [7, 11) is 0. The van der Waals surface area contributed by atoms with Crippen LogP contribution in [0.1, 0.15) is 131 Å². The molecule has 0 aromatic heterocycles. The molecule has 0 N–H and O–H groups in total. The van der Waals surface area contributed by atoms with Gasteiger partial charge in [-0.1, -0.05) is 95.2 Å². The van der Waals surface area contributed by atoms with E-state index in [-0.39, 0.29) is 21.7 Å². The van der Waals surface area contributed by atoms with Gasteiger partial charge >= 0.3 is 0 Å². The number of benzene rings is 2. The van der Waals surface area contributed by atoms with Crippen LogP contribution in [0.5, 0.6) is 0 Å². The van der Waals surface area contributed by atoms with Crippen molar-refractivity contribution in [3.05, 3.63) is 58.7 Å². The Morgan fingerprint density at radius 1 is 0.469 bits per heavy atom. The first-order chi connectivity index (χ1) is 14.6. The first-order valence-corrected chi connectivity index (χ1v) is 12.8. The van der Waals surface area contributed by atoms with Crippen LogP contribution < -0.4 is 0 Å². The highest BCUT2D eigenvalue weighted by Crippen LogP contribution is 2.40. The van der Waals surface area contributed by atoms with Crippen LogP contribution >= 0.6 is 0 Å². The van der Waals surface area contributed by atoms with Crippen LogP contribution in [-0.4, -0.2) is 0 Å². The van der Waals surface area contributed by atoms with Gasteiger partial charge in [-0.3, -0.25) is 0 Å². The van der Waals surface area contributed by atoms with Crippen molar-refractivity contribution in [2.45, 2.75) is 130 Å². The van der Waals surface area contributed by atoms with E-state index in [4.69, 9.17) is 0 Å². The Balaban J connectivity index is 2.88. The molecular formula is C32H48. The highest BCUT2D eigenvalue weighted by Gasteiger charge is 2.28. The highest BCUT2D eigenvalue weighted by molar-refractivity contribution is 5.67. The topological polar surface area (TPSA) is 0 Å². The lowest BCUT2D eigenvalue weighted by Gasteiger charge is -2.31. The van der Waals surface area contributed by atoms with Crippen molar-refractivity contribution in [1.29, 1.82) is 0 Å². The normalized spacial score (nSPS) is 13.5. The second-order valence-corrected chi connectivity index (χ2v) is 12.3. The van der Waals surface area contributed by atoms with E-state index in [0.29, 0.717) is 0 Å². The van der Waals surface area contributed by atoms with Gasteiger partial charge in [0.1, 0.15) is 0 Å². The lowest BCUT2D eigenvalue weighted by Crippen LogP contribution is -2.21. The van der Waals surface area contributed by atoms with Gasteiger partial charge in [0.05, 0.1) is 0 Å². The zero-order valence-corrected chi connectivity index (χ0v) is 23.1. The van der Waals surface area contributed by atoms with Crippen LogP contribution in [-0.2, 0) is 21.7 Å². The van der Waals surface area contributed by atoms with E-state index in [1.54, 1.807) is 0 Å². The molecule has 0 atom stereocenters.